The van der Waals surface area contributed by atoms with Crippen molar-refractivity contribution in [2.75, 3.05) is 37.7 Å². The second-order valence-electron chi connectivity index (χ2n) is 2.31. The van der Waals surface area contributed by atoms with Gasteiger partial charge in [0.1, 0.15) is 0 Å². The molecule has 0 aromatic rings. The molecule has 0 rings (SSSR count). The first-order valence-electron chi connectivity index (χ1n) is 4.32. The van der Waals surface area contributed by atoms with Gasteiger partial charge in [-0.05, 0) is 11.8 Å². The van der Waals surface area contributed by atoms with Crippen LogP contribution in [-0.2, 0) is 16.3 Å². The molecule has 14 heavy (non-hydrogen) atoms. The van der Waals surface area contributed by atoms with Crippen LogP contribution >= 0.6 is 27.4 Å². The number of hydrogen-bond donors (Lipinski definition) is 3. The van der Waals surface area contributed by atoms with Crippen LogP contribution < -0.4 is 17.2 Å². The first-order chi connectivity index (χ1) is 6.68. The van der Waals surface area contributed by atoms with Gasteiger partial charge in [-0.1, -0.05) is 22.8 Å². The number of nitrogens with two attached hydrogens (primary N) is 3. The smallest absolute Gasteiger partial charge is 0.174 e. The molecular formula is C6H18N3OPS3. The van der Waals surface area contributed by atoms with E-state index in [0.29, 0.717) is 26.2 Å². The van der Waals surface area contributed by atoms with Crippen LogP contribution in [-0.4, -0.2) is 37.7 Å². The fraction of sp³-hybridized carbons (Fsp3) is 1.00. The van der Waals surface area contributed by atoms with E-state index >= 15 is 0 Å². The Balaban J connectivity index is 3.97. The van der Waals surface area contributed by atoms with E-state index in [1.807, 2.05) is 0 Å². The van der Waals surface area contributed by atoms with E-state index in [0.717, 1.165) is 11.5 Å². The molecule has 4 nitrogen and oxygen atoms in total. The summed E-state index contributed by atoms with van der Waals surface area (Å²) in [5.41, 5.74) is 16.2. The minimum atomic E-state index is -1.84. The van der Waals surface area contributed by atoms with Gasteiger partial charge in [0, 0.05) is 31.1 Å². The molecule has 0 aliphatic carbocycles. The molecule has 0 aliphatic heterocycles. The van der Waals surface area contributed by atoms with Crippen molar-refractivity contribution in [3.05, 3.63) is 0 Å². The summed E-state index contributed by atoms with van der Waals surface area (Å²) in [6.45, 7) is 2.27. The average Bonchev–Trinajstić information content (AvgIpc) is 2.21. The zero-order valence-corrected chi connectivity index (χ0v) is 11.4. The molecule has 0 aromatic carbocycles. The largest absolute Gasteiger partial charge is 0.333 e. The molecule has 0 amide bonds. The Morgan fingerprint density at radius 1 is 1.00 bits per heavy atom. The molecule has 6 N–H and O–H groups in total. The van der Waals surface area contributed by atoms with E-state index in [1.54, 1.807) is 22.8 Å². The maximum Gasteiger partial charge on any atom is 0.174 e. The van der Waals surface area contributed by atoms with Crippen LogP contribution in [0.25, 0.3) is 0 Å². The molecule has 0 saturated heterocycles. The minimum absolute atomic E-state index is 0.505. The zero-order valence-electron chi connectivity index (χ0n) is 8.05. The lowest BCUT2D eigenvalue weighted by atomic mass is 10.8. The molecule has 0 aromatic heterocycles. The highest BCUT2D eigenvalue weighted by Crippen LogP contribution is 2.69. The van der Waals surface area contributed by atoms with Crippen LogP contribution in [0.1, 0.15) is 0 Å². The van der Waals surface area contributed by atoms with Gasteiger partial charge in [-0.15, -0.1) is 0 Å². The highest BCUT2D eigenvalue weighted by Gasteiger charge is 2.18. The van der Waals surface area contributed by atoms with Gasteiger partial charge in [-0.2, -0.15) is 0 Å². The van der Waals surface area contributed by atoms with Crippen molar-refractivity contribution in [2.24, 2.45) is 17.2 Å². The van der Waals surface area contributed by atoms with Crippen molar-refractivity contribution in [3.8, 4) is 0 Å². The van der Waals surface area contributed by atoms with E-state index in [1.165, 1.54) is 0 Å². The van der Waals surface area contributed by atoms with Crippen molar-refractivity contribution in [3.63, 3.8) is 0 Å². The Hall–Kier alpha value is 1.19. The summed E-state index contributed by atoms with van der Waals surface area (Å²) in [6.07, 6.45) is 0. The van der Waals surface area contributed by atoms with Crippen molar-refractivity contribution in [2.45, 2.75) is 0 Å². The molecule has 0 fully saturated rings. The molecular weight excluding hydrogens is 257 g/mol. The van der Waals surface area contributed by atoms with E-state index < -0.39 is 4.67 Å². The highest BCUT2D eigenvalue weighted by molar-refractivity contribution is 8.99. The third-order valence-corrected chi connectivity index (χ3v) is 10.8. The topological polar surface area (TPSA) is 87.3 Å². The first-order valence-corrected chi connectivity index (χ1v) is 10.2. The Morgan fingerprint density at radius 3 is 1.86 bits per heavy atom. The maximum absolute atomic E-state index is 5.60. The van der Waals surface area contributed by atoms with Gasteiger partial charge in [0.2, 0.25) is 0 Å². The summed E-state index contributed by atoms with van der Waals surface area (Å²) >= 11 is 8.71. The Bertz CT molecular complexity index is 155. The predicted octanol–water partition coefficient (Wildman–Crippen LogP) is 0.570. The third kappa shape index (κ3) is 7.48. The van der Waals surface area contributed by atoms with Gasteiger partial charge in [-0.25, -0.2) is 0 Å². The van der Waals surface area contributed by atoms with Gasteiger partial charge < -0.3 is 21.7 Å². The van der Waals surface area contributed by atoms with Crippen LogP contribution in [0, 0.1) is 0 Å². The molecule has 0 saturated carbocycles. The van der Waals surface area contributed by atoms with Crippen molar-refractivity contribution >= 4 is 39.2 Å². The molecule has 0 heterocycles. The lowest BCUT2D eigenvalue weighted by Crippen LogP contribution is -2.08. The van der Waals surface area contributed by atoms with Crippen LogP contribution in [0.15, 0.2) is 0 Å². The average molecular weight is 275 g/mol. The third-order valence-electron chi connectivity index (χ3n) is 1.10. The van der Waals surface area contributed by atoms with E-state index in [-0.39, 0.29) is 0 Å². The lowest BCUT2D eigenvalue weighted by molar-refractivity contribution is 0.378. The normalized spacial score (nSPS) is 11.9. The van der Waals surface area contributed by atoms with Crippen LogP contribution in [0.5, 0.6) is 0 Å². The van der Waals surface area contributed by atoms with Crippen molar-refractivity contribution in [1.29, 1.82) is 0 Å². The van der Waals surface area contributed by atoms with Gasteiger partial charge in [0.05, 0.1) is 6.61 Å². The van der Waals surface area contributed by atoms with Gasteiger partial charge in [0.15, 0.2) is 4.67 Å². The molecule has 8 heteroatoms. The Morgan fingerprint density at radius 2 is 1.50 bits per heavy atom. The van der Waals surface area contributed by atoms with E-state index in [4.69, 9.17) is 33.5 Å². The van der Waals surface area contributed by atoms with Crippen molar-refractivity contribution in [1.82, 2.24) is 0 Å². The molecule has 0 atom stereocenters. The maximum atomic E-state index is 5.60. The predicted molar refractivity (Wildman–Crippen MR) is 72.3 cm³/mol. The van der Waals surface area contributed by atoms with Crippen LogP contribution in [0.3, 0.4) is 0 Å². The Labute approximate surface area is 98.6 Å². The Kier molecular flexibility index (Phi) is 10.2. The summed E-state index contributed by atoms with van der Waals surface area (Å²) in [6, 6.07) is 0. The molecule has 86 valence electrons. The zero-order chi connectivity index (χ0) is 10.9. The summed E-state index contributed by atoms with van der Waals surface area (Å²) in [4.78, 5) is 0. The summed E-state index contributed by atoms with van der Waals surface area (Å²) in [7, 11) is 0. The highest BCUT2D eigenvalue weighted by atomic mass is 33.2. The summed E-state index contributed by atoms with van der Waals surface area (Å²) in [5.74, 6) is 1.67. The molecule has 0 bridgehead atoms. The van der Waals surface area contributed by atoms with Crippen molar-refractivity contribution < 1.29 is 4.52 Å². The van der Waals surface area contributed by atoms with E-state index in [2.05, 4.69) is 0 Å². The summed E-state index contributed by atoms with van der Waals surface area (Å²) < 4.78 is 3.76. The number of rotatable bonds is 9. The second-order valence-corrected chi connectivity index (χ2v) is 13.1. The SMILES string of the molecule is NCCOP(=S)(SCCN)SCCN. The first kappa shape index (κ1) is 15.2. The number of hydrogen-bond acceptors (Lipinski definition) is 7. The molecule has 0 unspecified atom stereocenters. The van der Waals surface area contributed by atoms with Crippen LogP contribution in [0.2, 0.25) is 0 Å². The minimum Gasteiger partial charge on any atom is -0.333 e. The quantitative estimate of drug-likeness (QED) is 0.530. The standard InChI is InChI=1S/C6H18N3OPS3/c7-1-4-10-11(12,13-5-2-8)14-6-3-9/h1-9H2. The summed E-state index contributed by atoms with van der Waals surface area (Å²) in [5, 5.41) is 0. The molecule has 0 aliphatic rings. The van der Waals surface area contributed by atoms with E-state index in [9.17, 15) is 0 Å². The van der Waals surface area contributed by atoms with Gasteiger partial charge >= 0.3 is 0 Å². The monoisotopic (exact) mass is 275 g/mol. The fourth-order valence-corrected chi connectivity index (χ4v) is 8.49. The lowest BCUT2D eigenvalue weighted by Gasteiger charge is -2.19. The molecule has 0 radical (unpaired) electrons. The van der Waals surface area contributed by atoms with Crippen LogP contribution in [0.4, 0.5) is 0 Å². The van der Waals surface area contributed by atoms with Gasteiger partial charge in [0.25, 0.3) is 0 Å². The molecule has 0 spiro atoms. The fourth-order valence-electron chi connectivity index (χ4n) is 0.605. The second kappa shape index (κ2) is 9.42. The van der Waals surface area contributed by atoms with Gasteiger partial charge in [-0.3, -0.25) is 0 Å².